The van der Waals surface area contributed by atoms with E-state index in [2.05, 4.69) is 51.5 Å². The number of hydrogen-bond acceptors (Lipinski definition) is 2. The summed E-state index contributed by atoms with van der Waals surface area (Å²) in [5.74, 6) is 0.575. The van der Waals surface area contributed by atoms with Gasteiger partial charge in [-0.1, -0.05) is 61.2 Å². The first kappa shape index (κ1) is 14.7. The van der Waals surface area contributed by atoms with Gasteiger partial charge in [0.05, 0.1) is 6.61 Å². The molecular weight excluding hydrogens is 245 g/mol. The first-order chi connectivity index (χ1) is 9.63. The molecule has 2 N–H and O–H groups in total. The zero-order valence-corrected chi connectivity index (χ0v) is 12.2. The van der Waals surface area contributed by atoms with Crippen molar-refractivity contribution in [2.45, 2.75) is 20.5 Å². The standard InChI is InChI=1S/C17H21BNO/c1-13(2)11-20-12-14-6-8-15(9-7-14)18-16-4-3-5-17(19)10-16/h3-10,13H,11-12,19H2,1-2H3. The molecule has 0 saturated carbocycles. The van der Waals surface area contributed by atoms with Crippen LogP contribution in [0.1, 0.15) is 19.4 Å². The molecule has 0 unspecified atom stereocenters. The normalized spacial score (nSPS) is 10.8. The van der Waals surface area contributed by atoms with Gasteiger partial charge in [0.15, 0.2) is 7.28 Å². The van der Waals surface area contributed by atoms with Gasteiger partial charge < -0.3 is 10.5 Å². The fraction of sp³-hybridized carbons (Fsp3) is 0.294. The number of anilines is 1. The van der Waals surface area contributed by atoms with E-state index in [1.165, 1.54) is 11.0 Å². The first-order valence-corrected chi connectivity index (χ1v) is 7.00. The molecule has 2 nitrogen and oxygen atoms in total. The molecular formula is C17H21BNO. The van der Waals surface area contributed by atoms with Crippen molar-refractivity contribution in [1.29, 1.82) is 0 Å². The monoisotopic (exact) mass is 266 g/mol. The van der Waals surface area contributed by atoms with E-state index in [1.807, 2.05) is 18.2 Å². The summed E-state index contributed by atoms with van der Waals surface area (Å²) in [6, 6.07) is 16.3. The number of nitrogens with two attached hydrogens (primary N) is 1. The summed E-state index contributed by atoms with van der Waals surface area (Å²) in [6.07, 6.45) is 0. The Kier molecular flexibility index (Phi) is 5.25. The van der Waals surface area contributed by atoms with Crippen LogP contribution in [0, 0.1) is 5.92 Å². The van der Waals surface area contributed by atoms with Crippen molar-refractivity contribution >= 4 is 23.9 Å². The van der Waals surface area contributed by atoms with Crippen LogP contribution in [0.5, 0.6) is 0 Å². The van der Waals surface area contributed by atoms with E-state index in [0.717, 1.165) is 17.8 Å². The summed E-state index contributed by atoms with van der Waals surface area (Å²) in [4.78, 5) is 0. The Morgan fingerprint density at radius 1 is 1.05 bits per heavy atom. The molecule has 0 spiro atoms. The predicted octanol–water partition coefficient (Wildman–Crippen LogP) is 2.10. The second kappa shape index (κ2) is 7.16. The van der Waals surface area contributed by atoms with Gasteiger partial charge in [0.2, 0.25) is 0 Å². The lowest BCUT2D eigenvalue weighted by Gasteiger charge is -2.07. The number of rotatable bonds is 6. The molecule has 2 rings (SSSR count). The SMILES string of the molecule is CC(C)COCc1ccc([B]c2cccc(N)c2)cc1. The minimum absolute atomic E-state index is 0.575. The van der Waals surface area contributed by atoms with Crippen molar-refractivity contribution < 1.29 is 4.74 Å². The molecule has 1 radical (unpaired) electrons. The molecule has 0 amide bonds. The summed E-state index contributed by atoms with van der Waals surface area (Å²) in [5, 5.41) is 0. The molecule has 0 aliphatic rings. The van der Waals surface area contributed by atoms with Crippen molar-refractivity contribution in [3.8, 4) is 0 Å². The topological polar surface area (TPSA) is 35.2 Å². The molecule has 0 saturated heterocycles. The van der Waals surface area contributed by atoms with Gasteiger partial charge >= 0.3 is 0 Å². The average molecular weight is 266 g/mol. The first-order valence-electron chi connectivity index (χ1n) is 7.00. The molecule has 20 heavy (non-hydrogen) atoms. The molecule has 2 aromatic rings. The van der Waals surface area contributed by atoms with Crippen LogP contribution in [0.2, 0.25) is 0 Å². The van der Waals surface area contributed by atoms with E-state index >= 15 is 0 Å². The Labute approximate surface area is 122 Å². The lowest BCUT2D eigenvalue weighted by Crippen LogP contribution is -2.27. The van der Waals surface area contributed by atoms with Crippen molar-refractivity contribution in [2.75, 3.05) is 12.3 Å². The van der Waals surface area contributed by atoms with Gasteiger partial charge in [-0.2, -0.15) is 0 Å². The second-order valence-corrected chi connectivity index (χ2v) is 5.47. The van der Waals surface area contributed by atoms with Crippen LogP contribution >= 0.6 is 0 Å². The van der Waals surface area contributed by atoms with Gasteiger partial charge in [-0.15, -0.1) is 0 Å². The van der Waals surface area contributed by atoms with Crippen LogP contribution in [0.3, 0.4) is 0 Å². The fourth-order valence-corrected chi connectivity index (χ4v) is 1.96. The van der Waals surface area contributed by atoms with Crippen LogP contribution in [-0.2, 0) is 11.3 Å². The highest BCUT2D eigenvalue weighted by Gasteiger charge is 2.01. The second-order valence-electron chi connectivity index (χ2n) is 5.47. The van der Waals surface area contributed by atoms with E-state index in [-0.39, 0.29) is 0 Å². The van der Waals surface area contributed by atoms with Gasteiger partial charge in [0.1, 0.15) is 0 Å². The van der Waals surface area contributed by atoms with Crippen molar-refractivity contribution in [3.05, 3.63) is 54.1 Å². The fourth-order valence-electron chi connectivity index (χ4n) is 1.96. The average Bonchev–Trinajstić information content (AvgIpc) is 2.40. The van der Waals surface area contributed by atoms with Crippen LogP contribution < -0.4 is 16.7 Å². The highest BCUT2D eigenvalue weighted by Crippen LogP contribution is 2.02. The number of nitrogen functional groups attached to an aromatic ring is 1. The maximum Gasteiger partial charge on any atom is 0.191 e. The van der Waals surface area contributed by atoms with Gasteiger partial charge in [0, 0.05) is 12.3 Å². The highest BCUT2D eigenvalue weighted by molar-refractivity contribution is 6.67. The Bertz CT molecular complexity index is 537. The third kappa shape index (κ3) is 4.74. The zero-order chi connectivity index (χ0) is 14.4. The quantitative estimate of drug-likeness (QED) is 0.642. The zero-order valence-electron chi connectivity index (χ0n) is 12.2. The molecule has 0 bridgehead atoms. The van der Waals surface area contributed by atoms with Crippen molar-refractivity contribution in [1.82, 2.24) is 0 Å². The molecule has 0 atom stereocenters. The van der Waals surface area contributed by atoms with Crippen LogP contribution in [0.15, 0.2) is 48.5 Å². The summed E-state index contributed by atoms with van der Waals surface area (Å²) >= 11 is 0. The third-order valence-electron chi connectivity index (χ3n) is 2.94. The van der Waals surface area contributed by atoms with Gasteiger partial charge in [-0.25, -0.2) is 0 Å². The summed E-state index contributed by atoms with van der Waals surface area (Å²) in [5.41, 5.74) is 10.1. The van der Waals surface area contributed by atoms with Gasteiger partial charge in [-0.05, 0) is 23.6 Å². The molecule has 0 heterocycles. The van der Waals surface area contributed by atoms with E-state index < -0.39 is 0 Å². The molecule has 0 aliphatic heterocycles. The maximum absolute atomic E-state index is 5.78. The molecule has 0 aliphatic carbocycles. The number of hydrogen-bond donors (Lipinski definition) is 1. The Morgan fingerprint density at radius 2 is 1.80 bits per heavy atom. The van der Waals surface area contributed by atoms with E-state index in [0.29, 0.717) is 12.5 Å². The summed E-state index contributed by atoms with van der Waals surface area (Å²) < 4.78 is 5.63. The minimum Gasteiger partial charge on any atom is -0.399 e. The largest absolute Gasteiger partial charge is 0.399 e. The predicted molar refractivity (Wildman–Crippen MR) is 86.8 cm³/mol. The van der Waals surface area contributed by atoms with Crippen LogP contribution in [-0.4, -0.2) is 13.9 Å². The Balaban J connectivity index is 1.91. The minimum atomic E-state index is 0.575. The Hall–Kier alpha value is -1.74. The highest BCUT2D eigenvalue weighted by atomic mass is 16.5. The lowest BCUT2D eigenvalue weighted by molar-refractivity contribution is 0.0971. The lowest BCUT2D eigenvalue weighted by atomic mass is 9.64. The van der Waals surface area contributed by atoms with Gasteiger partial charge in [0.25, 0.3) is 0 Å². The third-order valence-corrected chi connectivity index (χ3v) is 2.94. The smallest absolute Gasteiger partial charge is 0.191 e. The van der Waals surface area contributed by atoms with Gasteiger partial charge in [-0.3, -0.25) is 0 Å². The molecule has 2 aromatic carbocycles. The molecule has 0 fully saturated rings. The summed E-state index contributed by atoms with van der Waals surface area (Å²) in [7, 11) is 2.12. The number of benzene rings is 2. The Morgan fingerprint density at radius 3 is 2.45 bits per heavy atom. The van der Waals surface area contributed by atoms with E-state index in [4.69, 9.17) is 10.5 Å². The summed E-state index contributed by atoms with van der Waals surface area (Å²) in [6.45, 7) is 5.79. The van der Waals surface area contributed by atoms with E-state index in [9.17, 15) is 0 Å². The van der Waals surface area contributed by atoms with Crippen LogP contribution in [0.25, 0.3) is 0 Å². The molecule has 103 valence electrons. The van der Waals surface area contributed by atoms with E-state index in [1.54, 1.807) is 0 Å². The molecule has 3 heteroatoms. The van der Waals surface area contributed by atoms with Crippen LogP contribution in [0.4, 0.5) is 5.69 Å². The van der Waals surface area contributed by atoms with Crippen molar-refractivity contribution in [2.24, 2.45) is 5.92 Å². The molecule has 0 aromatic heterocycles. The maximum atomic E-state index is 5.78. The van der Waals surface area contributed by atoms with Crippen molar-refractivity contribution in [3.63, 3.8) is 0 Å². The number of ether oxygens (including phenoxy) is 1.